The number of nitro benzene ring substituents is 1. The molecule has 6 nitrogen and oxygen atoms in total. The predicted octanol–water partition coefficient (Wildman–Crippen LogP) is 2.27. The molecule has 0 heterocycles. The Morgan fingerprint density at radius 3 is 2.48 bits per heavy atom. The molecule has 1 aromatic rings. The molecule has 0 aliphatic carbocycles. The molecule has 0 aliphatic heterocycles. The molecule has 0 saturated heterocycles. The topological polar surface area (TPSA) is 81.5 Å². The molecular weight excluding hydrogens is 286 g/mol. The minimum atomic E-state index is -1.26. The maximum absolute atomic E-state index is 13.7. The van der Waals surface area contributed by atoms with E-state index >= 15 is 0 Å². The van der Waals surface area contributed by atoms with E-state index in [0.29, 0.717) is 12.1 Å². The van der Waals surface area contributed by atoms with Gasteiger partial charge in [-0.15, -0.1) is 0 Å². The summed E-state index contributed by atoms with van der Waals surface area (Å²) in [4.78, 5) is 21.4. The van der Waals surface area contributed by atoms with Crippen LogP contribution in [0.1, 0.15) is 24.2 Å². The lowest BCUT2D eigenvalue weighted by Crippen LogP contribution is -2.42. The van der Waals surface area contributed by atoms with Crippen molar-refractivity contribution in [1.29, 1.82) is 0 Å². The van der Waals surface area contributed by atoms with E-state index in [0.717, 1.165) is 0 Å². The van der Waals surface area contributed by atoms with Crippen molar-refractivity contribution in [2.24, 2.45) is 5.92 Å². The zero-order valence-corrected chi connectivity index (χ0v) is 11.9. The molecule has 1 aromatic carbocycles. The van der Waals surface area contributed by atoms with Gasteiger partial charge in [0.05, 0.1) is 29.2 Å². The molecule has 0 bridgehead atoms. The maximum Gasteiger partial charge on any atom is 0.307 e. The van der Waals surface area contributed by atoms with Crippen molar-refractivity contribution < 1.29 is 23.2 Å². The van der Waals surface area contributed by atoms with Gasteiger partial charge in [-0.3, -0.25) is 14.9 Å². The normalized spacial score (nSPS) is 12.3. The molecule has 0 aliphatic rings. The molecule has 8 heteroatoms. The minimum Gasteiger partial charge on any atom is -0.383 e. The highest BCUT2D eigenvalue weighted by atomic mass is 19.1. The highest BCUT2D eigenvalue weighted by Crippen LogP contribution is 2.21. The fourth-order valence-electron chi connectivity index (χ4n) is 1.68. The van der Waals surface area contributed by atoms with Crippen LogP contribution in [0, 0.1) is 27.7 Å². The van der Waals surface area contributed by atoms with E-state index in [1.54, 1.807) is 0 Å². The van der Waals surface area contributed by atoms with Gasteiger partial charge in [-0.1, -0.05) is 13.8 Å². The summed E-state index contributed by atoms with van der Waals surface area (Å²) in [6.07, 6.45) is 0. The third-order valence-corrected chi connectivity index (χ3v) is 2.95. The first-order valence-electron chi connectivity index (χ1n) is 6.21. The predicted molar refractivity (Wildman–Crippen MR) is 71.0 cm³/mol. The average Bonchev–Trinajstić information content (AvgIpc) is 2.39. The molecule has 116 valence electrons. The number of benzene rings is 1. The zero-order chi connectivity index (χ0) is 16.2. The fraction of sp³-hybridized carbons (Fsp3) is 0.462. The van der Waals surface area contributed by atoms with Gasteiger partial charge in [0.25, 0.3) is 5.91 Å². The van der Waals surface area contributed by atoms with E-state index in [-0.39, 0.29) is 18.6 Å². The van der Waals surface area contributed by atoms with Gasteiger partial charge in [-0.25, -0.2) is 4.39 Å². The van der Waals surface area contributed by atoms with Crippen molar-refractivity contribution in [2.45, 2.75) is 19.9 Å². The van der Waals surface area contributed by atoms with Crippen LogP contribution in [0.3, 0.4) is 0 Å². The smallest absolute Gasteiger partial charge is 0.307 e. The van der Waals surface area contributed by atoms with E-state index < -0.39 is 33.7 Å². The number of amides is 1. The van der Waals surface area contributed by atoms with Crippen LogP contribution >= 0.6 is 0 Å². The van der Waals surface area contributed by atoms with E-state index in [9.17, 15) is 23.7 Å². The van der Waals surface area contributed by atoms with Crippen LogP contribution in [0.2, 0.25) is 0 Å². The van der Waals surface area contributed by atoms with Crippen LogP contribution < -0.4 is 5.32 Å². The number of hydrogen-bond donors (Lipinski definition) is 1. The first-order valence-corrected chi connectivity index (χ1v) is 6.21. The summed E-state index contributed by atoms with van der Waals surface area (Å²) < 4.78 is 32.1. The quantitative estimate of drug-likeness (QED) is 0.645. The average molecular weight is 302 g/mol. The number of carbonyl (C=O) groups is 1. The molecule has 0 aromatic heterocycles. The van der Waals surface area contributed by atoms with Crippen molar-refractivity contribution >= 4 is 11.6 Å². The summed E-state index contributed by atoms with van der Waals surface area (Å²) in [7, 11) is 1.45. The number of methoxy groups -OCH3 is 1. The first-order chi connectivity index (χ1) is 9.77. The Balaban J connectivity index is 3.02. The Bertz CT molecular complexity index is 549. The lowest BCUT2D eigenvalue weighted by Gasteiger charge is -2.21. The molecular formula is C13H16F2N2O4. The van der Waals surface area contributed by atoms with Crippen molar-refractivity contribution in [2.75, 3.05) is 13.7 Å². The van der Waals surface area contributed by atoms with Crippen LogP contribution in [0.15, 0.2) is 12.1 Å². The third-order valence-electron chi connectivity index (χ3n) is 2.95. The second-order valence-electron chi connectivity index (χ2n) is 4.82. The molecule has 0 spiro atoms. The van der Waals surface area contributed by atoms with E-state index in [4.69, 9.17) is 4.74 Å². The molecule has 1 amide bonds. The van der Waals surface area contributed by atoms with Crippen molar-refractivity contribution in [3.8, 4) is 0 Å². The molecule has 0 fully saturated rings. The number of rotatable bonds is 6. The van der Waals surface area contributed by atoms with Crippen LogP contribution in [0.4, 0.5) is 14.5 Å². The Kier molecular flexibility index (Phi) is 5.71. The number of nitro groups is 1. The molecule has 0 radical (unpaired) electrons. The SMILES string of the molecule is COCC(NC(=O)c1cc(F)c([N+](=O)[O-])cc1F)C(C)C. The van der Waals surface area contributed by atoms with Crippen LogP contribution in [0.25, 0.3) is 0 Å². The molecule has 21 heavy (non-hydrogen) atoms. The molecule has 1 N–H and O–H groups in total. The third kappa shape index (κ3) is 4.19. The van der Waals surface area contributed by atoms with E-state index in [2.05, 4.69) is 5.32 Å². The van der Waals surface area contributed by atoms with Gasteiger partial charge in [-0.2, -0.15) is 4.39 Å². The summed E-state index contributed by atoms with van der Waals surface area (Å²) in [6, 6.07) is 0.526. The minimum absolute atomic E-state index is 0.0138. The number of ether oxygens (including phenoxy) is 1. The second-order valence-corrected chi connectivity index (χ2v) is 4.82. The van der Waals surface area contributed by atoms with Gasteiger partial charge in [0.15, 0.2) is 0 Å². The number of hydrogen-bond acceptors (Lipinski definition) is 4. The number of carbonyl (C=O) groups excluding carboxylic acids is 1. The van der Waals surface area contributed by atoms with Gasteiger partial charge in [0, 0.05) is 7.11 Å². The van der Waals surface area contributed by atoms with Crippen LogP contribution in [0.5, 0.6) is 0 Å². The lowest BCUT2D eigenvalue weighted by molar-refractivity contribution is -0.387. The van der Waals surface area contributed by atoms with Gasteiger partial charge in [0.1, 0.15) is 5.82 Å². The van der Waals surface area contributed by atoms with Crippen molar-refractivity contribution in [1.82, 2.24) is 5.32 Å². The Hall–Kier alpha value is -2.09. The lowest BCUT2D eigenvalue weighted by atomic mass is 10.0. The summed E-state index contributed by atoms with van der Waals surface area (Å²) in [6.45, 7) is 3.87. The monoisotopic (exact) mass is 302 g/mol. The molecule has 1 atom stereocenters. The second kappa shape index (κ2) is 7.07. The highest BCUT2D eigenvalue weighted by molar-refractivity contribution is 5.95. The fourth-order valence-corrected chi connectivity index (χ4v) is 1.68. The molecule has 1 unspecified atom stereocenters. The standard InChI is InChI=1S/C13H16F2N2O4/c1-7(2)11(6-21-3)16-13(18)8-4-10(15)12(17(19)20)5-9(8)14/h4-5,7,11H,6H2,1-3H3,(H,16,18). The van der Waals surface area contributed by atoms with Gasteiger partial charge in [0.2, 0.25) is 5.82 Å². The summed E-state index contributed by atoms with van der Waals surface area (Å²) >= 11 is 0. The number of halogens is 2. The summed E-state index contributed by atoms with van der Waals surface area (Å²) in [5, 5.41) is 13.0. The molecule has 0 saturated carbocycles. The highest BCUT2D eigenvalue weighted by Gasteiger charge is 2.24. The van der Waals surface area contributed by atoms with Gasteiger partial charge < -0.3 is 10.1 Å². The van der Waals surface area contributed by atoms with Gasteiger partial charge in [-0.05, 0) is 12.0 Å². The Morgan fingerprint density at radius 2 is 2.00 bits per heavy atom. The number of nitrogens with one attached hydrogen (secondary N) is 1. The Labute approximate surface area is 120 Å². The Morgan fingerprint density at radius 1 is 1.38 bits per heavy atom. The summed E-state index contributed by atoms with van der Waals surface area (Å²) in [5.41, 5.74) is -1.60. The van der Waals surface area contributed by atoms with Crippen LogP contribution in [-0.4, -0.2) is 30.6 Å². The van der Waals surface area contributed by atoms with E-state index in [1.165, 1.54) is 7.11 Å². The van der Waals surface area contributed by atoms with E-state index in [1.807, 2.05) is 13.8 Å². The zero-order valence-electron chi connectivity index (χ0n) is 11.9. The number of nitrogens with zero attached hydrogens (tertiary/aromatic N) is 1. The van der Waals surface area contributed by atoms with Crippen LogP contribution in [-0.2, 0) is 4.74 Å². The van der Waals surface area contributed by atoms with Crippen molar-refractivity contribution in [3.05, 3.63) is 39.4 Å². The van der Waals surface area contributed by atoms with Gasteiger partial charge >= 0.3 is 5.69 Å². The van der Waals surface area contributed by atoms with Crippen molar-refractivity contribution in [3.63, 3.8) is 0 Å². The summed E-state index contributed by atoms with van der Waals surface area (Å²) in [5.74, 6) is -3.25. The maximum atomic E-state index is 13.7. The molecule has 1 rings (SSSR count). The largest absolute Gasteiger partial charge is 0.383 e. The first kappa shape index (κ1) is 17.0.